The second-order valence-corrected chi connectivity index (χ2v) is 6.73. The van der Waals surface area contributed by atoms with Gasteiger partial charge in [-0.2, -0.15) is 0 Å². The number of hydrogen-bond donors (Lipinski definition) is 1. The molecule has 4 nitrogen and oxygen atoms in total. The van der Waals surface area contributed by atoms with E-state index in [2.05, 4.69) is 5.32 Å². The second-order valence-electron chi connectivity index (χ2n) is 5.94. The fourth-order valence-electron chi connectivity index (χ4n) is 3.01. The summed E-state index contributed by atoms with van der Waals surface area (Å²) in [4.78, 5) is 26.0. The number of halogens is 2. The molecule has 0 aliphatic heterocycles. The van der Waals surface area contributed by atoms with Crippen LogP contribution in [0.1, 0.15) is 45.4 Å². The highest BCUT2D eigenvalue weighted by atomic mass is 35.5. The van der Waals surface area contributed by atoms with Crippen molar-refractivity contribution in [1.29, 1.82) is 0 Å². The summed E-state index contributed by atoms with van der Waals surface area (Å²) in [5.74, 6) is -0.321. The van der Waals surface area contributed by atoms with E-state index in [-0.39, 0.29) is 24.4 Å². The van der Waals surface area contributed by atoms with E-state index in [4.69, 9.17) is 23.2 Å². The number of benzene rings is 1. The zero-order chi connectivity index (χ0) is 16.8. The van der Waals surface area contributed by atoms with Gasteiger partial charge in [-0.15, -0.1) is 0 Å². The van der Waals surface area contributed by atoms with Crippen molar-refractivity contribution in [3.8, 4) is 0 Å². The first-order valence-electron chi connectivity index (χ1n) is 8.00. The van der Waals surface area contributed by atoms with Gasteiger partial charge < -0.3 is 10.2 Å². The van der Waals surface area contributed by atoms with Crippen molar-refractivity contribution < 1.29 is 9.59 Å². The number of nitrogens with zero attached hydrogens (tertiary/aromatic N) is 1. The lowest BCUT2D eigenvalue weighted by Crippen LogP contribution is -2.43. The average molecular weight is 357 g/mol. The summed E-state index contributed by atoms with van der Waals surface area (Å²) in [6.45, 7) is 1.56. The number of hydrogen-bond acceptors (Lipinski definition) is 2. The Hall–Kier alpha value is -1.26. The number of carbonyl (C=O) groups excluding carboxylic acids is 2. The van der Waals surface area contributed by atoms with Gasteiger partial charge in [0.05, 0.1) is 15.7 Å². The molecule has 0 atom stereocenters. The number of amides is 2. The highest BCUT2D eigenvalue weighted by molar-refractivity contribution is 6.44. The number of nitrogens with one attached hydrogen (secondary N) is 1. The van der Waals surface area contributed by atoms with E-state index in [0.29, 0.717) is 15.7 Å². The highest BCUT2D eigenvalue weighted by Crippen LogP contribution is 2.29. The maximum absolute atomic E-state index is 12.3. The first-order chi connectivity index (χ1) is 11.0. The Morgan fingerprint density at radius 1 is 1.17 bits per heavy atom. The Bertz CT molecular complexity index is 570. The van der Waals surface area contributed by atoms with Crippen LogP contribution in [0.15, 0.2) is 18.2 Å². The molecule has 0 saturated heterocycles. The summed E-state index contributed by atoms with van der Waals surface area (Å²) in [6.07, 6.45) is 6.54. The van der Waals surface area contributed by atoms with Crippen molar-refractivity contribution in [3.05, 3.63) is 28.2 Å². The van der Waals surface area contributed by atoms with E-state index in [1.807, 2.05) is 0 Å². The second kappa shape index (κ2) is 8.55. The van der Waals surface area contributed by atoms with Crippen LogP contribution in [0.5, 0.6) is 0 Å². The summed E-state index contributed by atoms with van der Waals surface area (Å²) in [7, 11) is 0. The molecular formula is C17H22Cl2N2O2. The Labute approximate surface area is 147 Å². The van der Waals surface area contributed by atoms with Crippen LogP contribution in [0, 0.1) is 0 Å². The molecule has 1 fully saturated rings. The maximum Gasteiger partial charge on any atom is 0.244 e. The standard InChI is InChI=1S/C17H22Cl2N2O2/c1-12(22)21(13-7-4-2-3-5-8-13)11-16(23)20-15-10-6-9-14(18)17(15)19/h6,9-10,13H,2-5,7-8,11H2,1H3,(H,20,23). The SMILES string of the molecule is CC(=O)N(CC(=O)Nc1cccc(Cl)c1Cl)C1CCCCCC1. The molecule has 1 aromatic rings. The minimum absolute atomic E-state index is 0.0445. The van der Waals surface area contributed by atoms with Gasteiger partial charge in [-0.05, 0) is 25.0 Å². The molecule has 1 saturated carbocycles. The molecule has 1 aliphatic rings. The lowest BCUT2D eigenvalue weighted by Gasteiger charge is -2.29. The smallest absolute Gasteiger partial charge is 0.244 e. The summed E-state index contributed by atoms with van der Waals surface area (Å²) in [5.41, 5.74) is 0.466. The predicted molar refractivity (Wildman–Crippen MR) is 94.0 cm³/mol. The lowest BCUT2D eigenvalue weighted by atomic mass is 10.1. The molecule has 1 aromatic carbocycles. The van der Waals surface area contributed by atoms with Gasteiger partial charge in [0.25, 0.3) is 0 Å². The van der Waals surface area contributed by atoms with Crippen molar-refractivity contribution in [2.45, 2.75) is 51.5 Å². The van der Waals surface area contributed by atoms with Gasteiger partial charge in [0, 0.05) is 13.0 Å². The van der Waals surface area contributed by atoms with Crippen LogP contribution in [0.3, 0.4) is 0 Å². The first-order valence-corrected chi connectivity index (χ1v) is 8.75. The first kappa shape index (κ1) is 18.1. The van der Waals surface area contributed by atoms with Crippen LogP contribution in [-0.4, -0.2) is 29.3 Å². The lowest BCUT2D eigenvalue weighted by molar-refractivity contribution is -0.135. The van der Waals surface area contributed by atoms with E-state index >= 15 is 0 Å². The molecule has 2 amide bonds. The monoisotopic (exact) mass is 356 g/mol. The van der Waals surface area contributed by atoms with Crippen molar-refractivity contribution >= 4 is 40.7 Å². The number of carbonyl (C=O) groups is 2. The Kier molecular flexibility index (Phi) is 6.72. The van der Waals surface area contributed by atoms with Crippen molar-refractivity contribution in [3.63, 3.8) is 0 Å². The third kappa shape index (κ3) is 5.11. The minimum Gasteiger partial charge on any atom is -0.331 e. The highest BCUT2D eigenvalue weighted by Gasteiger charge is 2.24. The average Bonchev–Trinajstić information content (AvgIpc) is 2.78. The van der Waals surface area contributed by atoms with E-state index < -0.39 is 0 Å². The van der Waals surface area contributed by atoms with Gasteiger partial charge in [-0.1, -0.05) is 55.0 Å². The fraction of sp³-hybridized carbons (Fsp3) is 0.529. The van der Waals surface area contributed by atoms with E-state index in [9.17, 15) is 9.59 Å². The normalized spacial score (nSPS) is 15.8. The summed E-state index contributed by atoms with van der Waals surface area (Å²) in [6, 6.07) is 5.22. The fourth-order valence-corrected chi connectivity index (χ4v) is 3.36. The third-order valence-electron chi connectivity index (χ3n) is 4.21. The minimum atomic E-state index is -0.256. The van der Waals surface area contributed by atoms with E-state index in [0.717, 1.165) is 25.7 Å². The van der Waals surface area contributed by atoms with E-state index in [1.54, 1.807) is 23.1 Å². The number of anilines is 1. The molecule has 1 aliphatic carbocycles. The van der Waals surface area contributed by atoms with Crippen LogP contribution in [-0.2, 0) is 9.59 Å². The molecule has 0 aromatic heterocycles. The Morgan fingerprint density at radius 3 is 2.43 bits per heavy atom. The largest absolute Gasteiger partial charge is 0.331 e. The van der Waals surface area contributed by atoms with Gasteiger partial charge in [0.1, 0.15) is 6.54 Å². The maximum atomic E-state index is 12.3. The van der Waals surface area contributed by atoms with Crippen LogP contribution < -0.4 is 5.32 Å². The molecule has 0 bridgehead atoms. The summed E-state index contributed by atoms with van der Waals surface area (Å²) >= 11 is 12.0. The molecule has 1 N–H and O–H groups in total. The zero-order valence-electron chi connectivity index (χ0n) is 13.3. The van der Waals surface area contributed by atoms with Gasteiger partial charge >= 0.3 is 0 Å². The van der Waals surface area contributed by atoms with Gasteiger partial charge in [0.2, 0.25) is 11.8 Å². The van der Waals surface area contributed by atoms with Gasteiger partial charge in [0.15, 0.2) is 0 Å². The molecule has 0 spiro atoms. The zero-order valence-corrected chi connectivity index (χ0v) is 14.8. The molecular weight excluding hydrogens is 335 g/mol. The summed E-state index contributed by atoms with van der Waals surface area (Å²) in [5, 5.41) is 3.44. The third-order valence-corrected chi connectivity index (χ3v) is 5.03. The molecule has 0 radical (unpaired) electrons. The quantitative estimate of drug-likeness (QED) is 0.807. The molecule has 0 heterocycles. The molecule has 0 unspecified atom stereocenters. The van der Waals surface area contributed by atoms with Crippen LogP contribution in [0.2, 0.25) is 10.0 Å². The predicted octanol–water partition coefficient (Wildman–Crippen LogP) is 4.50. The molecule has 23 heavy (non-hydrogen) atoms. The van der Waals surface area contributed by atoms with Crippen molar-refractivity contribution in [2.24, 2.45) is 0 Å². The van der Waals surface area contributed by atoms with Gasteiger partial charge in [-0.3, -0.25) is 9.59 Å². The Balaban J connectivity index is 2.03. The van der Waals surface area contributed by atoms with E-state index in [1.165, 1.54) is 19.8 Å². The summed E-state index contributed by atoms with van der Waals surface area (Å²) < 4.78 is 0. The molecule has 6 heteroatoms. The van der Waals surface area contributed by atoms with Crippen LogP contribution in [0.4, 0.5) is 5.69 Å². The van der Waals surface area contributed by atoms with Crippen LogP contribution in [0.25, 0.3) is 0 Å². The van der Waals surface area contributed by atoms with Crippen molar-refractivity contribution in [1.82, 2.24) is 4.90 Å². The van der Waals surface area contributed by atoms with Crippen molar-refractivity contribution in [2.75, 3.05) is 11.9 Å². The Morgan fingerprint density at radius 2 is 1.83 bits per heavy atom. The molecule has 126 valence electrons. The number of rotatable bonds is 4. The molecule has 2 rings (SSSR count). The topological polar surface area (TPSA) is 49.4 Å². The van der Waals surface area contributed by atoms with Gasteiger partial charge in [-0.25, -0.2) is 0 Å². The van der Waals surface area contributed by atoms with Crippen LogP contribution >= 0.6 is 23.2 Å².